The predicted molar refractivity (Wildman–Crippen MR) is 119 cm³/mol. The summed E-state index contributed by atoms with van der Waals surface area (Å²) in [6, 6.07) is 0. The van der Waals surface area contributed by atoms with E-state index in [1.165, 1.54) is 22.9 Å². The van der Waals surface area contributed by atoms with E-state index in [4.69, 9.17) is 5.11 Å². The highest BCUT2D eigenvalue weighted by atomic mass is 32.2. The molecule has 164 valence electrons. The highest BCUT2D eigenvalue weighted by Crippen LogP contribution is 2.21. The first-order valence-corrected chi connectivity index (χ1v) is 10.9. The van der Waals surface area contributed by atoms with Gasteiger partial charge in [0.25, 0.3) is 0 Å². The van der Waals surface area contributed by atoms with Gasteiger partial charge < -0.3 is 15.5 Å². The molecule has 0 aliphatic heterocycles. The Morgan fingerprint density at radius 2 is 1.66 bits per heavy atom. The minimum absolute atomic E-state index is 0.00760. The minimum atomic E-state index is -1.05. The Labute approximate surface area is 178 Å². The molecule has 0 rings (SSSR count). The Bertz CT molecular complexity index is 625. The molecule has 0 aromatic carbocycles. The van der Waals surface area contributed by atoms with E-state index < -0.39 is 23.1 Å². The van der Waals surface area contributed by atoms with E-state index in [0.29, 0.717) is 0 Å². The molecule has 7 heteroatoms. The standard InChI is InChI=1S/C22H35NO5S/c1-5-6-7-9-16(2)10-8-11-17(3)14-18(4)29-19(22(27)28)15-23-20(24)12-13-21(25)26/h5-6,10,14,18-19H,7-9,11-13,15H2,1-4H3,(H,23,24)(H,25,26)(H,27,28)/b6-5?,16-10+,17-14+/t18?,19-/m1/s1. The minimum Gasteiger partial charge on any atom is -0.481 e. The molecule has 1 amide bonds. The maximum absolute atomic E-state index is 11.6. The summed E-state index contributed by atoms with van der Waals surface area (Å²) < 4.78 is 0. The molecule has 0 spiro atoms. The van der Waals surface area contributed by atoms with Crippen LogP contribution >= 0.6 is 11.8 Å². The molecule has 6 nitrogen and oxygen atoms in total. The first-order chi connectivity index (χ1) is 13.6. The van der Waals surface area contributed by atoms with Crippen LogP contribution in [0, 0.1) is 0 Å². The second-order valence-corrected chi connectivity index (χ2v) is 8.66. The zero-order valence-corrected chi connectivity index (χ0v) is 18.8. The quantitative estimate of drug-likeness (QED) is 0.332. The van der Waals surface area contributed by atoms with Crippen molar-refractivity contribution in [2.45, 2.75) is 76.7 Å². The lowest BCUT2D eigenvalue weighted by Gasteiger charge is -2.16. The summed E-state index contributed by atoms with van der Waals surface area (Å²) in [5.41, 5.74) is 2.58. The molecule has 0 aromatic heterocycles. The summed E-state index contributed by atoms with van der Waals surface area (Å²) in [6.07, 6.45) is 12.1. The zero-order chi connectivity index (χ0) is 22.2. The van der Waals surface area contributed by atoms with E-state index in [2.05, 4.69) is 36.5 Å². The second-order valence-electron chi connectivity index (χ2n) is 7.08. The summed E-state index contributed by atoms with van der Waals surface area (Å²) in [5.74, 6) is -2.50. The predicted octanol–water partition coefficient (Wildman–Crippen LogP) is 4.57. The molecule has 0 radical (unpaired) electrons. The highest BCUT2D eigenvalue weighted by Gasteiger charge is 2.21. The van der Waals surface area contributed by atoms with Crippen LogP contribution in [0.2, 0.25) is 0 Å². The zero-order valence-electron chi connectivity index (χ0n) is 17.9. The van der Waals surface area contributed by atoms with Gasteiger partial charge in [0.2, 0.25) is 5.91 Å². The van der Waals surface area contributed by atoms with Crippen molar-refractivity contribution >= 4 is 29.6 Å². The van der Waals surface area contributed by atoms with Crippen molar-refractivity contribution in [3.63, 3.8) is 0 Å². The largest absolute Gasteiger partial charge is 0.481 e. The number of aliphatic carboxylic acids is 2. The van der Waals surface area contributed by atoms with Gasteiger partial charge in [0, 0.05) is 18.2 Å². The number of carbonyl (C=O) groups is 3. The molecule has 0 aromatic rings. The maximum atomic E-state index is 11.6. The van der Waals surface area contributed by atoms with Crippen LogP contribution in [0.15, 0.2) is 35.5 Å². The number of thioether (sulfide) groups is 1. The van der Waals surface area contributed by atoms with Gasteiger partial charge in [0.1, 0.15) is 5.25 Å². The molecule has 0 saturated heterocycles. The number of rotatable bonds is 15. The Balaban J connectivity index is 4.45. The molecule has 2 atom stereocenters. The van der Waals surface area contributed by atoms with E-state index in [1.54, 1.807) is 0 Å². The Hall–Kier alpha value is -2.02. The number of carboxylic acid groups (broad SMARTS) is 2. The van der Waals surface area contributed by atoms with Crippen LogP contribution in [-0.4, -0.2) is 45.1 Å². The molecule has 0 bridgehead atoms. The lowest BCUT2D eigenvalue weighted by Crippen LogP contribution is -2.35. The Kier molecular flexibility index (Phi) is 14.7. The lowest BCUT2D eigenvalue weighted by molar-refractivity contribution is -0.139. The van der Waals surface area contributed by atoms with Crippen molar-refractivity contribution in [3.8, 4) is 0 Å². The van der Waals surface area contributed by atoms with Crippen molar-refractivity contribution in [2.24, 2.45) is 0 Å². The SMILES string of the molecule is CC=CCC/C(C)=C/CC/C(C)=C/C(C)S[C@H](CNC(=O)CCC(=O)O)C(=O)O. The van der Waals surface area contributed by atoms with Gasteiger partial charge in [-0.3, -0.25) is 14.4 Å². The van der Waals surface area contributed by atoms with E-state index in [-0.39, 0.29) is 24.6 Å². The number of hydrogen-bond acceptors (Lipinski definition) is 4. The number of amides is 1. The van der Waals surface area contributed by atoms with Crippen molar-refractivity contribution in [1.82, 2.24) is 5.32 Å². The Morgan fingerprint density at radius 1 is 1.00 bits per heavy atom. The average molecular weight is 426 g/mol. The lowest BCUT2D eigenvalue weighted by atomic mass is 10.1. The van der Waals surface area contributed by atoms with Crippen LogP contribution in [-0.2, 0) is 14.4 Å². The second kappa shape index (κ2) is 15.9. The number of hydrogen-bond donors (Lipinski definition) is 3. The number of nitrogens with one attached hydrogen (secondary N) is 1. The molecular weight excluding hydrogens is 390 g/mol. The van der Waals surface area contributed by atoms with Crippen LogP contribution in [0.5, 0.6) is 0 Å². The van der Waals surface area contributed by atoms with E-state index in [1.807, 2.05) is 20.8 Å². The summed E-state index contributed by atoms with van der Waals surface area (Å²) in [7, 11) is 0. The molecule has 1 unspecified atom stereocenters. The van der Waals surface area contributed by atoms with Crippen molar-refractivity contribution in [3.05, 3.63) is 35.5 Å². The third kappa shape index (κ3) is 15.6. The van der Waals surface area contributed by atoms with Gasteiger partial charge in [0.05, 0.1) is 6.42 Å². The van der Waals surface area contributed by atoms with Gasteiger partial charge in [-0.2, -0.15) is 0 Å². The summed E-state index contributed by atoms with van der Waals surface area (Å²) >= 11 is 1.27. The van der Waals surface area contributed by atoms with Crippen molar-refractivity contribution in [1.29, 1.82) is 0 Å². The van der Waals surface area contributed by atoms with Crippen LogP contribution in [0.4, 0.5) is 0 Å². The first-order valence-electron chi connectivity index (χ1n) is 9.96. The number of carbonyl (C=O) groups excluding carboxylic acids is 1. The average Bonchev–Trinajstić information content (AvgIpc) is 2.63. The van der Waals surface area contributed by atoms with E-state index in [0.717, 1.165) is 25.7 Å². The smallest absolute Gasteiger partial charge is 0.318 e. The molecule has 29 heavy (non-hydrogen) atoms. The van der Waals surface area contributed by atoms with Crippen molar-refractivity contribution in [2.75, 3.05) is 6.54 Å². The molecule has 0 aliphatic carbocycles. The van der Waals surface area contributed by atoms with Gasteiger partial charge >= 0.3 is 11.9 Å². The van der Waals surface area contributed by atoms with Gasteiger partial charge in [-0.25, -0.2) is 0 Å². The van der Waals surface area contributed by atoms with Gasteiger partial charge in [-0.15, -0.1) is 11.8 Å². The third-order valence-corrected chi connectivity index (χ3v) is 5.46. The van der Waals surface area contributed by atoms with Gasteiger partial charge in [0.15, 0.2) is 0 Å². The molecule has 0 aliphatic rings. The summed E-state index contributed by atoms with van der Waals surface area (Å²) in [4.78, 5) is 33.5. The number of carboxylic acids is 2. The van der Waals surface area contributed by atoms with Gasteiger partial charge in [-0.1, -0.05) is 35.5 Å². The topological polar surface area (TPSA) is 104 Å². The van der Waals surface area contributed by atoms with Crippen LogP contribution in [0.1, 0.15) is 66.2 Å². The van der Waals surface area contributed by atoms with E-state index >= 15 is 0 Å². The summed E-state index contributed by atoms with van der Waals surface area (Å²) in [5, 5.41) is 19.7. The molecule has 0 saturated carbocycles. The molecule has 3 N–H and O–H groups in total. The maximum Gasteiger partial charge on any atom is 0.318 e. The normalized spacial score (nSPS) is 14.6. The Morgan fingerprint density at radius 3 is 2.24 bits per heavy atom. The fraction of sp³-hybridized carbons (Fsp3) is 0.591. The van der Waals surface area contributed by atoms with Crippen LogP contribution in [0.25, 0.3) is 0 Å². The van der Waals surface area contributed by atoms with Crippen molar-refractivity contribution < 1.29 is 24.6 Å². The fourth-order valence-corrected chi connectivity index (χ4v) is 3.74. The van der Waals surface area contributed by atoms with Gasteiger partial charge in [-0.05, 0) is 53.4 Å². The molecular formula is C22H35NO5S. The van der Waals surface area contributed by atoms with Crippen LogP contribution < -0.4 is 5.32 Å². The third-order valence-electron chi connectivity index (χ3n) is 4.20. The summed E-state index contributed by atoms with van der Waals surface area (Å²) in [6.45, 7) is 8.12. The number of allylic oxidation sites excluding steroid dienone is 5. The van der Waals surface area contributed by atoms with Crippen LogP contribution in [0.3, 0.4) is 0 Å². The first kappa shape index (κ1) is 27.0. The highest BCUT2D eigenvalue weighted by molar-refractivity contribution is 8.01. The fourth-order valence-electron chi connectivity index (χ4n) is 2.62. The molecule has 0 fully saturated rings. The van der Waals surface area contributed by atoms with E-state index in [9.17, 15) is 19.5 Å². The monoisotopic (exact) mass is 425 g/mol. The molecule has 0 heterocycles.